The molecule has 1 atom stereocenters. The number of rotatable bonds is 8. The maximum Gasteiger partial charge on any atom is 0.413 e. The van der Waals surface area contributed by atoms with Crippen molar-refractivity contribution in [2.75, 3.05) is 6.54 Å². The van der Waals surface area contributed by atoms with Crippen LogP contribution in [0.15, 0.2) is 0 Å². The van der Waals surface area contributed by atoms with Crippen LogP contribution in [0.1, 0.15) is 74.1 Å². The lowest BCUT2D eigenvalue weighted by Gasteiger charge is -2.54. The fraction of sp³-hybridized carbons (Fsp3) is 1.00. The zero-order valence-corrected chi connectivity index (χ0v) is 16.9. The smallest absolute Gasteiger partial charge is 0.292 e. The normalized spacial score (nSPS) is 23.2. The summed E-state index contributed by atoms with van der Waals surface area (Å²) in [5.74, 6) is 0.0952. The van der Waals surface area contributed by atoms with E-state index in [9.17, 15) is 8.42 Å². The first kappa shape index (κ1) is 21.8. The third-order valence-electron chi connectivity index (χ3n) is 4.45. The summed E-state index contributed by atoms with van der Waals surface area (Å²) in [6.07, 6.45) is 4.07. The monoisotopic (exact) mass is 366 g/mol. The molecule has 1 aliphatic rings. The molecule has 0 radical (unpaired) electrons. The average molecular weight is 367 g/mol. The van der Waals surface area contributed by atoms with Crippen molar-refractivity contribution in [3.05, 3.63) is 0 Å². The molecule has 0 aromatic carbocycles. The Balaban J connectivity index is 2.64. The summed E-state index contributed by atoms with van der Waals surface area (Å²) in [6, 6.07) is 0. The summed E-state index contributed by atoms with van der Waals surface area (Å²) in [6.45, 7) is 15.1. The molecule has 0 spiro atoms. The lowest BCUT2D eigenvalue weighted by molar-refractivity contribution is -0.331. The highest BCUT2D eigenvalue weighted by Gasteiger charge is 2.45. The lowest BCUT2D eigenvalue weighted by atomic mass is 9.82. The van der Waals surface area contributed by atoms with Crippen LogP contribution >= 0.6 is 0 Å². The molecule has 0 aromatic rings. The minimum atomic E-state index is -4.47. The van der Waals surface area contributed by atoms with E-state index in [4.69, 9.17) is 9.39 Å². The van der Waals surface area contributed by atoms with E-state index in [0.29, 0.717) is 13.0 Å². The topological polar surface area (TPSA) is 88.1 Å². The van der Waals surface area contributed by atoms with Gasteiger partial charge in [0.2, 0.25) is 0 Å². The molecule has 0 saturated carbocycles. The molecular formula is C16H34N2O5S. The van der Waals surface area contributed by atoms with Gasteiger partial charge in [0.05, 0.1) is 5.60 Å². The molecule has 1 unspecified atom stereocenters. The second kappa shape index (κ2) is 7.55. The number of hydrogen-bond donors (Lipinski definition) is 2. The highest BCUT2D eigenvalue weighted by molar-refractivity contribution is 7.80. The molecule has 0 amide bonds. The summed E-state index contributed by atoms with van der Waals surface area (Å²) < 4.78 is 33.8. The first-order chi connectivity index (χ1) is 10.6. The van der Waals surface area contributed by atoms with Gasteiger partial charge < -0.3 is 0 Å². The Hall–Kier alpha value is -0.250. The van der Waals surface area contributed by atoms with Gasteiger partial charge in [0.1, 0.15) is 0 Å². The van der Waals surface area contributed by atoms with E-state index in [0.717, 1.165) is 12.8 Å². The molecule has 0 aromatic heterocycles. The molecule has 0 bridgehead atoms. The van der Waals surface area contributed by atoms with Crippen molar-refractivity contribution in [3.8, 4) is 0 Å². The Labute approximate surface area is 146 Å². The highest BCUT2D eigenvalue weighted by Crippen LogP contribution is 2.40. The molecule has 1 heterocycles. The molecule has 144 valence electrons. The maximum atomic E-state index is 10.5. The minimum absolute atomic E-state index is 0.0331. The molecule has 1 rings (SSSR count). The third-order valence-corrected chi connectivity index (χ3v) is 4.78. The van der Waals surface area contributed by atoms with Crippen molar-refractivity contribution >= 4 is 10.4 Å². The van der Waals surface area contributed by atoms with Crippen molar-refractivity contribution in [1.82, 2.24) is 10.5 Å². The Morgan fingerprint density at radius 1 is 1.21 bits per heavy atom. The molecule has 24 heavy (non-hydrogen) atoms. The number of nitrogens with zero attached hydrogens (tertiary/aromatic N) is 1. The van der Waals surface area contributed by atoms with E-state index in [-0.39, 0.29) is 17.0 Å². The van der Waals surface area contributed by atoms with E-state index in [1.54, 1.807) is 0 Å². The lowest BCUT2D eigenvalue weighted by Crippen LogP contribution is -2.60. The van der Waals surface area contributed by atoms with Crippen LogP contribution in [0.3, 0.4) is 0 Å². The van der Waals surface area contributed by atoms with Crippen molar-refractivity contribution in [1.29, 1.82) is 0 Å². The quantitative estimate of drug-likeness (QED) is 0.504. The molecule has 2 N–H and O–H groups in total. The zero-order chi connectivity index (χ0) is 18.8. The number of hydrogen-bond acceptors (Lipinski definition) is 6. The van der Waals surface area contributed by atoms with Gasteiger partial charge in [-0.05, 0) is 73.1 Å². The predicted octanol–water partition coefficient (Wildman–Crippen LogP) is 3.09. The van der Waals surface area contributed by atoms with E-state index < -0.39 is 16.0 Å². The van der Waals surface area contributed by atoms with Crippen LogP contribution in [0.5, 0.6) is 0 Å². The zero-order valence-electron chi connectivity index (χ0n) is 16.0. The molecule has 7 nitrogen and oxygen atoms in total. The van der Waals surface area contributed by atoms with Crippen LogP contribution in [0.4, 0.5) is 0 Å². The van der Waals surface area contributed by atoms with Gasteiger partial charge in [-0.2, -0.15) is 23.2 Å². The number of hydroxylamine groups is 3. The Morgan fingerprint density at radius 2 is 1.71 bits per heavy atom. The van der Waals surface area contributed by atoms with Crippen LogP contribution in [0.25, 0.3) is 0 Å². The van der Waals surface area contributed by atoms with E-state index in [2.05, 4.69) is 42.5 Å². The van der Waals surface area contributed by atoms with Gasteiger partial charge in [0, 0.05) is 17.6 Å². The van der Waals surface area contributed by atoms with Gasteiger partial charge in [0.15, 0.2) is 0 Å². The van der Waals surface area contributed by atoms with Crippen LogP contribution < -0.4 is 5.48 Å². The first-order valence-electron chi connectivity index (χ1n) is 8.53. The van der Waals surface area contributed by atoms with Crippen LogP contribution in [-0.4, -0.2) is 41.3 Å². The third kappa shape index (κ3) is 6.93. The van der Waals surface area contributed by atoms with Crippen molar-refractivity contribution in [2.24, 2.45) is 5.92 Å². The van der Waals surface area contributed by atoms with Crippen LogP contribution in [0, 0.1) is 5.92 Å². The predicted molar refractivity (Wildman–Crippen MR) is 93.4 cm³/mol. The maximum absolute atomic E-state index is 10.5. The molecule has 0 aliphatic carbocycles. The van der Waals surface area contributed by atoms with Gasteiger partial charge in [0.25, 0.3) is 0 Å². The van der Waals surface area contributed by atoms with Crippen molar-refractivity contribution in [3.63, 3.8) is 0 Å². The highest BCUT2D eigenvalue weighted by atomic mass is 32.3. The molecule has 8 heteroatoms. The molecular weight excluding hydrogens is 332 g/mol. The minimum Gasteiger partial charge on any atom is -0.292 e. The molecule has 1 saturated heterocycles. The second-order valence-electron chi connectivity index (χ2n) is 8.79. The summed E-state index contributed by atoms with van der Waals surface area (Å²) in [4.78, 5) is 6.42. The molecule has 1 aliphatic heterocycles. The van der Waals surface area contributed by atoms with Crippen molar-refractivity contribution in [2.45, 2.75) is 90.8 Å². The summed E-state index contributed by atoms with van der Waals surface area (Å²) in [7, 11) is -4.47. The largest absolute Gasteiger partial charge is 0.413 e. The fourth-order valence-corrected chi connectivity index (χ4v) is 3.89. The van der Waals surface area contributed by atoms with Gasteiger partial charge in [-0.3, -0.25) is 9.39 Å². The average Bonchev–Trinajstić information content (AvgIpc) is 2.31. The standard InChI is InChI=1S/C16H34N2O5S/c1-13(12-17-23-24(19,20)21)11-16(6,7)22-18-14(2,3)9-8-10-15(18,4)5/h13,17H,8-12H2,1-7H3,(H,19,20,21). The number of nitrogens with one attached hydrogen (secondary N) is 1. The Morgan fingerprint density at radius 3 is 2.17 bits per heavy atom. The van der Waals surface area contributed by atoms with Gasteiger partial charge in [-0.25, -0.2) is 0 Å². The molecule has 1 fully saturated rings. The summed E-state index contributed by atoms with van der Waals surface area (Å²) in [5, 5.41) is 2.14. The number of piperidine rings is 1. The van der Waals surface area contributed by atoms with Crippen molar-refractivity contribution < 1.29 is 22.1 Å². The van der Waals surface area contributed by atoms with Crippen LogP contribution in [-0.2, 0) is 19.5 Å². The fourth-order valence-electron chi connectivity index (χ4n) is 3.67. The Bertz CT molecular complexity index is 501. The van der Waals surface area contributed by atoms with Gasteiger partial charge >= 0.3 is 10.4 Å². The van der Waals surface area contributed by atoms with E-state index in [1.807, 2.05) is 20.8 Å². The Kier molecular flexibility index (Phi) is 6.86. The SMILES string of the molecule is CC(CNOS(=O)(=O)O)CC(C)(C)ON1C(C)(C)CCCC1(C)C. The van der Waals surface area contributed by atoms with Gasteiger partial charge in [-0.1, -0.05) is 6.92 Å². The van der Waals surface area contributed by atoms with Gasteiger partial charge in [-0.15, -0.1) is 0 Å². The van der Waals surface area contributed by atoms with Crippen LogP contribution in [0.2, 0.25) is 0 Å². The summed E-state index contributed by atoms with van der Waals surface area (Å²) in [5.41, 5.74) is 1.80. The van der Waals surface area contributed by atoms with E-state index >= 15 is 0 Å². The second-order valence-corrected chi connectivity index (χ2v) is 9.81. The van der Waals surface area contributed by atoms with E-state index in [1.165, 1.54) is 6.42 Å². The summed E-state index contributed by atoms with van der Waals surface area (Å²) >= 11 is 0. The first-order valence-corrected chi connectivity index (χ1v) is 9.89.